The summed E-state index contributed by atoms with van der Waals surface area (Å²) in [6, 6.07) is 0. The van der Waals surface area contributed by atoms with Crippen molar-refractivity contribution >= 4 is 0 Å². The molecule has 1 aromatic heterocycles. The minimum absolute atomic E-state index is 0.754. The SMILES string of the molecule is COCCn1c(C)nc2c1CNCC2. The Kier molecular flexibility index (Phi) is 2.84. The fourth-order valence-electron chi connectivity index (χ4n) is 1.96. The van der Waals surface area contributed by atoms with Crippen LogP contribution in [0.1, 0.15) is 17.2 Å². The third kappa shape index (κ3) is 1.67. The molecule has 4 heteroatoms. The van der Waals surface area contributed by atoms with E-state index in [4.69, 9.17) is 4.74 Å². The van der Waals surface area contributed by atoms with Gasteiger partial charge < -0.3 is 14.6 Å². The summed E-state index contributed by atoms with van der Waals surface area (Å²) in [7, 11) is 1.73. The van der Waals surface area contributed by atoms with Gasteiger partial charge >= 0.3 is 0 Å². The predicted octanol–water partition coefficient (Wildman–Crippen LogP) is 0.484. The topological polar surface area (TPSA) is 39.1 Å². The molecule has 1 aliphatic heterocycles. The Morgan fingerprint density at radius 1 is 1.57 bits per heavy atom. The van der Waals surface area contributed by atoms with Gasteiger partial charge in [-0.3, -0.25) is 0 Å². The summed E-state index contributed by atoms with van der Waals surface area (Å²) < 4.78 is 7.35. The second kappa shape index (κ2) is 4.11. The summed E-state index contributed by atoms with van der Waals surface area (Å²) in [6.45, 7) is 5.72. The van der Waals surface area contributed by atoms with Gasteiger partial charge in [0, 0.05) is 33.2 Å². The highest BCUT2D eigenvalue weighted by molar-refractivity contribution is 5.19. The van der Waals surface area contributed by atoms with Crippen LogP contribution in [0.2, 0.25) is 0 Å². The van der Waals surface area contributed by atoms with Gasteiger partial charge in [0.2, 0.25) is 0 Å². The molecule has 0 saturated heterocycles. The van der Waals surface area contributed by atoms with E-state index in [9.17, 15) is 0 Å². The molecule has 0 amide bonds. The van der Waals surface area contributed by atoms with Crippen LogP contribution in [-0.4, -0.2) is 29.8 Å². The number of hydrogen-bond donors (Lipinski definition) is 1. The summed E-state index contributed by atoms with van der Waals surface area (Å²) in [5, 5.41) is 3.37. The van der Waals surface area contributed by atoms with Gasteiger partial charge in [-0.25, -0.2) is 4.98 Å². The Labute approximate surface area is 84.3 Å². The molecule has 78 valence electrons. The van der Waals surface area contributed by atoms with Crippen LogP contribution in [0.25, 0.3) is 0 Å². The second-order valence-corrected chi connectivity index (χ2v) is 3.62. The standard InChI is InChI=1S/C10H17N3O/c1-8-12-9-3-4-11-7-10(9)13(8)5-6-14-2/h11H,3-7H2,1-2H3. The minimum Gasteiger partial charge on any atom is -0.383 e. The van der Waals surface area contributed by atoms with Crippen LogP contribution in [0, 0.1) is 6.92 Å². The number of imidazole rings is 1. The van der Waals surface area contributed by atoms with Crippen LogP contribution in [0.5, 0.6) is 0 Å². The lowest BCUT2D eigenvalue weighted by atomic mass is 10.2. The molecule has 14 heavy (non-hydrogen) atoms. The average Bonchev–Trinajstić information content (AvgIpc) is 2.51. The largest absolute Gasteiger partial charge is 0.383 e. The Morgan fingerprint density at radius 2 is 2.43 bits per heavy atom. The molecule has 0 saturated carbocycles. The van der Waals surface area contributed by atoms with E-state index in [1.54, 1.807) is 7.11 Å². The summed E-state index contributed by atoms with van der Waals surface area (Å²) in [6.07, 6.45) is 1.05. The zero-order chi connectivity index (χ0) is 9.97. The van der Waals surface area contributed by atoms with Crippen molar-refractivity contribution < 1.29 is 4.74 Å². The molecule has 2 heterocycles. The number of nitrogens with one attached hydrogen (secondary N) is 1. The Bertz CT molecular complexity index is 319. The predicted molar refractivity (Wildman–Crippen MR) is 54.3 cm³/mol. The first-order valence-corrected chi connectivity index (χ1v) is 5.07. The van der Waals surface area contributed by atoms with Gasteiger partial charge in [0.05, 0.1) is 18.0 Å². The number of nitrogens with zero attached hydrogens (tertiary/aromatic N) is 2. The van der Waals surface area contributed by atoms with E-state index >= 15 is 0 Å². The number of aryl methyl sites for hydroxylation is 1. The first-order chi connectivity index (χ1) is 6.83. The van der Waals surface area contributed by atoms with Crippen LogP contribution in [0.3, 0.4) is 0 Å². The van der Waals surface area contributed by atoms with Crippen LogP contribution in [0.15, 0.2) is 0 Å². The molecular weight excluding hydrogens is 178 g/mol. The number of fused-ring (bicyclic) bond motifs is 1. The van der Waals surface area contributed by atoms with E-state index in [0.717, 1.165) is 38.5 Å². The number of rotatable bonds is 3. The fraction of sp³-hybridized carbons (Fsp3) is 0.700. The van der Waals surface area contributed by atoms with Crippen molar-refractivity contribution in [2.75, 3.05) is 20.3 Å². The zero-order valence-electron chi connectivity index (χ0n) is 8.84. The Balaban J connectivity index is 2.24. The van der Waals surface area contributed by atoms with Gasteiger partial charge in [-0.15, -0.1) is 0 Å². The molecule has 0 aliphatic carbocycles. The zero-order valence-corrected chi connectivity index (χ0v) is 8.84. The van der Waals surface area contributed by atoms with Crippen LogP contribution in [-0.2, 0) is 24.2 Å². The maximum atomic E-state index is 5.09. The third-order valence-electron chi connectivity index (χ3n) is 2.70. The summed E-state index contributed by atoms with van der Waals surface area (Å²) in [5.41, 5.74) is 2.60. The van der Waals surface area contributed by atoms with E-state index in [0.29, 0.717) is 0 Å². The molecule has 0 bridgehead atoms. The van der Waals surface area contributed by atoms with Crippen molar-refractivity contribution in [3.63, 3.8) is 0 Å². The van der Waals surface area contributed by atoms with E-state index in [1.807, 2.05) is 0 Å². The number of hydrogen-bond acceptors (Lipinski definition) is 3. The smallest absolute Gasteiger partial charge is 0.106 e. The van der Waals surface area contributed by atoms with Crippen LogP contribution < -0.4 is 5.32 Å². The van der Waals surface area contributed by atoms with Crippen LogP contribution >= 0.6 is 0 Å². The van der Waals surface area contributed by atoms with Crippen molar-refractivity contribution in [2.24, 2.45) is 0 Å². The van der Waals surface area contributed by atoms with Gasteiger partial charge in [0.25, 0.3) is 0 Å². The highest BCUT2D eigenvalue weighted by Crippen LogP contribution is 2.15. The molecule has 4 nitrogen and oxygen atoms in total. The normalized spacial score (nSPS) is 15.6. The molecule has 0 atom stereocenters. The highest BCUT2D eigenvalue weighted by atomic mass is 16.5. The number of aromatic nitrogens is 2. The number of methoxy groups -OCH3 is 1. The monoisotopic (exact) mass is 195 g/mol. The molecule has 0 fully saturated rings. The van der Waals surface area contributed by atoms with E-state index < -0.39 is 0 Å². The minimum atomic E-state index is 0.754. The van der Waals surface area contributed by atoms with Gasteiger partial charge in [0.15, 0.2) is 0 Å². The lowest BCUT2D eigenvalue weighted by Gasteiger charge is -2.15. The molecule has 0 unspecified atom stereocenters. The van der Waals surface area contributed by atoms with E-state index in [2.05, 4.69) is 21.8 Å². The molecule has 0 aromatic carbocycles. The fourth-order valence-corrected chi connectivity index (χ4v) is 1.96. The summed E-state index contributed by atoms with van der Waals surface area (Å²) in [4.78, 5) is 4.57. The Morgan fingerprint density at radius 3 is 3.21 bits per heavy atom. The molecular formula is C10H17N3O. The maximum absolute atomic E-state index is 5.09. The van der Waals surface area contributed by atoms with Gasteiger partial charge in [0.1, 0.15) is 5.82 Å². The molecule has 0 radical (unpaired) electrons. The maximum Gasteiger partial charge on any atom is 0.106 e. The molecule has 2 rings (SSSR count). The number of ether oxygens (including phenoxy) is 1. The molecule has 0 spiro atoms. The van der Waals surface area contributed by atoms with Crippen molar-refractivity contribution in [1.29, 1.82) is 0 Å². The van der Waals surface area contributed by atoms with E-state index in [1.165, 1.54) is 11.4 Å². The van der Waals surface area contributed by atoms with Crippen molar-refractivity contribution in [1.82, 2.24) is 14.9 Å². The average molecular weight is 195 g/mol. The van der Waals surface area contributed by atoms with Gasteiger partial charge in [-0.2, -0.15) is 0 Å². The van der Waals surface area contributed by atoms with Crippen LogP contribution in [0.4, 0.5) is 0 Å². The summed E-state index contributed by atoms with van der Waals surface area (Å²) in [5.74, 6) is 1.11. The quantitative estimate of drug-likeness (QED) is 0.762. The van der Waals surface area contributed by atoms with Crippen molar-refractivity contribution in [3.05, 3.63) is 17.2 Å². The molecule has 1 N–H and O–H groups in total. The van der Waals surface area contributed by atoms with Crippen molar-refractivity contribution in [3.8, 4) is 0 Å². The van der Waals surface area contributed by atoms with Gasteiger partial charge in [-0.1, -0.05) is 0 Å². The Hall–Kier alpha value is -0.870. The molecule has 1 aliphatic rings. The lowest BCUT2D eigenvalue weighted by molar-refractivity contribution is 0.185. The summed E-state index contributed by atoms with van der Waals surface area (Å²) >= 11 is 0. The van der Waals surface area contributed by atoms with E-state index in [-0.39, 0.29) is 0 Å². The molecule has 1 aromatic rings. The highest BCUT2D eigenvalue weighted by Gasteiger charge is 2.16. The third-order valence-corrected chi connectivity index (χ3v) is 2.70. The first-order valence-electron chi connectivity index (χ1n) is 5.07. The second-order valence-electron chi connectivity index (χ2n) is 3.62. The van der Waals surface area contributed by atoms with Gasteiger partial charge in [-0.05, 0) is 6.92 Å². The lowest BCUT2D eigenvalue weighted by Crippen LogP contribution is -2.25. The van der Waals surface area contributed by atoms with Crippen molar-refractivity contribution in [2.45, 2.75) is 26.4 Å². The first kappa shape index (κ1) is 9.68.